The van der Waals surface area contributed by atoms with Gasteiger partial charge in [-0.25, -0.2) is 4.79 Å². The molecule has 0 spiro atoms. The molecule has 0 aliphatic carbocycles. The zero-order valence-electron chi connectivity index (χ0n) is 33.5. The number of piperidine rings is 1. The highest BCUT2D eigenvalue weighted by atomic mass is 16.6. The van der Waals surface area contributed by atoms with Crippen LogP contribution in [-0.4, -0.2) is 95.3 Å². The standard InChI is InChI=1S/C46H54N6O7.CH4/c1-51(44(57)24-29-52-27-22-35(23-28-52)59-46(58)49-39-15-6-5-14-36(39)33-11-3-2-4-12-33)26-8-7-16-42(55)48-34-13-9-10-32(30-34)21-25-47-31-41(54)37-17-19-40(53)45-38(37)18-20-43(56)50-45;/h2-6,9-15,17-20,30,35,41,47,53-54H,7-8,16,21-29,31H2,1H3,(H,48,55)(H,49,58)(H,50,56);1H4/t41-;/m0./s1. The van der Waals surface area contributed by atoms with E-state index in [0.29, 0.717) is 92.4 Å². The number of H-pyrrole nitrogens is 1. The molecule has 0 bridgehead atoms. The number of aromatic nitrogens is 1. The summed E-state index contributed by atoms with van der Waals surface area (Å²) in [6.45, 7) is 3.59. The number of likely N-dealkylation sites (tertiary alicyclic amines) is 1. The van der Waals surface area contributed by atoms with Crippen molar-refractivity contribution in [1.29, 1.82) is 0 Å². The number of benzene rings is 4. The maximum atomic E-state index is 12.9. The van der Waals surface area contributed by atoms with Gasteiger partial charge in [-0.05, 0) is 85.7 Å². The molecule has 0 saturated carbocycles. The van der Waals surface area contributed by atoms with Crippen LogP contribution in [0, 0.1) is 0 Å². The zero-order chi connectivity index (χ0) is 41.6. The fourth-order valence-corrected chi connectivity index (χ4v) is 7.37. The maximum Gasteiger partial charge on any atom is 0.411 e. The summed E-state index contributed by atoms with van der Waals surface area (Å²) in [5, 5.41) is 30.6. The van der Waals surface area contributed by atoms with E-state index in [2.05, 4.69) is 25.8 Å². The molecule has 1 fully saturated rings. The molecule has 1 aliphatic heterocycles. The van der Waals surface area contributed by atoms with E-state index in [1.54, 1.807) is 24.1 Å². The Balaban J connectivity index is 0.00000683. The summed E-state index contributed by atoms with van der Waals surface area (Å²) in [6, 6.07) is 31.3. The van der Waals surface area contributed by atoms with Crippen molar-refractivity contribution in [2.45, 2.75) is 64.6 Å². The third-order valence-electron chi connectivity index (χ3n) is 10.7. The Bertz CT molecular complexity index is 2240. The fourth-order valence-electron chi connectivity index (χ4n) is 7.37. The third kappa shape index (κ3) is 13.0. The fraction of sp³-hybridized carbons (Fsp3) is 0.362. The van der Waals surface area contributed by atoms with Crippen LogP contribution >= 0.6 is 0 Å². The number of pyridine rings is 1. The van der Waals surface area contributed by atoms with Crippen molar-refractivity contribution in [2.75, 3.05) is 56.9 Å². The molecule has 5 aromatic rings. The number of hydrogen-bond acceptors (Lipinski definition) is 9. The first-order chi connectivity index (χ1) is 28.6. The first-order valence-electron chi connectivity index (χ1n) is 20.3. The van der Waals surface area contributed by atoms with Crippen molar-refractivity contribution < 1.29 is 29.3 Å². The van der Waals surface area contributed by atoms with Crippen molar-refractivity contribution in [2.24, 2.45) is 0 Å². The highest BCUT2D eigenvalue weighted by Gasteiger charge is 2.24. The average molecular weight is 819 g/mol. The van der Waals surface area contributed by atoms with Crippen LogP contribution in [0.3, 0.4) is 0 Å². The molecule has 13 nitrogen and oxygen atoms in total. The lowest BCUT2D eigenvalue weighted by Crippen LogP contribution is -2.40. The number of nitrogens with one attached hydrogen (secondary N) is 4. The number of aromatic hydroxyl groups is 1. The molecule has 13 heteroatoms. The third-order valence-corrected chi connectivity index (χ3v) is 10.7. The highest BCUT2D eigenvalue weighted by molar-refractivity contribution is 5.92. The summed E-state index contributed by atoms with van der Waals surface area (Å²) in [5.74, 6) is -0.0681. The number of para-hydroxylation sites is 1. The van der Waals surface area contributed by atoms with Gasteiger partial charge in [-0.3, -0.25) is 19.7 Å². The molecular weight excluding hydrogens is 761 g/mol. The van der Waals surface area contributed by atoms with E-state index in [9.17, 15) is 29.4 Å². The molecule has 1 atom stereocenters. The number of aliphatic hydroxyl groups excluding tert-OH is 1. The zero-order valence-corrected chi connectivity index (χ0v) is 33.5. The SMILES string of the molecule is C.CN(CCCCC(=O)Nc1cccc(CCNC[C@H](O)c2ccc(O)c3[nH]c(=O)ccc23)c1)C(=O)CCN1CCC(OC(=O)Nc2ccccc2-c2ccccc2)CC1. The van der Waals surface area contributed by atoms with Gasteiger partial charge in [-0.1, -0.05) is 74.2 Å². The van der Waals surface area contributed by atoms with Crippen LogP contribution < -0.4 is 21.5 Å². The molecule has 6 N–H and O–H groups in total. The van der Waals surface area contributed by atoms with Gasteiger partial charge in [0.1, 0.15) is 11.9 Å². The van der Waals surface area contributed by atoms with Gasteiger partial charge >= 0.3 is 6.09 Å². The van der Waals surface area contributed by atoms with Crippen LogP contribution in [0.25, 0.3) is 22.0 Å². The van der Waals surface area contributed by atoms with E-state index in [1.165, 1.54) is 12.1 Å². The van der Waals surface area contributed by atoms with Crippen LogP contribution in [0.15, 0.2) is 108 Å². The number of unbranched alkanes of at least 4 members (excludes halogenated alkanes) is 1. The molecule has 3 amide bonds. The molecule has 0 radical (unpaired) electrons. The minimum Gasteiger partial charge on any atom is -0.506 e. The molecule has 2 heterocycles. The molecule has 4 aromatic carbocycles. The molecule has 1 saturated heterocycles. The van der Waals surface area contributed by atoms with Crippen LogP contribution in [0.1, 0.15) is 63.2 Å². The minimum atomic E-state index is -0.846. The number of nitrogens with zero attached hydrogens (tertiary/aromatic N) is 2. The van der Waals surface area contributed by atoms with Gasteiger partial charge in [0, 0.05) is 75.3 Å². The maximum absolute atomic E-state index is 12.9. The summed E-state index contributed by atoms with van der Waals surface area (Å²) in [4.78, 5) is 56.6. The number of carbonyl (C=O) groups excluding carboxylic acids is 3. The number of fused-ring (bicyclic) bond motifs is 1. The van der Waals surface area contributed by atoms with Crippen LogP contribution in [0.5, 0.6) is 5.75 Å². The summed E-state index contributed by atoms with van der Waals surface area (Å²) in [5.41, 5.74) is 4.96. The number of carbonyl (C=O) groups is 3. The molecular formula is C47H58N6O7. The van der Waals surface area contributed by atoms with E-state index in [4.69, 9.17) is 4.74 Å². The van der Waals surface area contributed by atoms with Crippen LogP contribution in [0.2, 0.25) is 0 Å². The molecule has 1 aromatic heterocycles. The van der Waals surface area contributed by atoms with Crippen LogP contribution in [-0.2, 0) is 20.7 Å². The number of phenolic OH excluding ortho intramolecular Hbond substituents is 1. The quantitative estimate of drug-likeness (QED) is 0.0505. The van der Waals surface area contributed by atoms with Crippen molar-refractivity contribution in [3.05, 3.63) is 125 Å². The van der Waals surface area contributed by atoms with Gasteiger partial charge in [-0.15, -0.1) is 0 Å². The monoisotopic (exact) mass is 818 g/mol. The number of hydrogen-bond donors (Lipinski definition) is 6. The Labute approximate surface area is 351 Å². The van der Waals surface area contributed by atoms with E-state index in [0.717, 1.165) is 29.8 Å². The van der Waals surface area contributed by atoms with Gasteiger partial charge in [0.25, 0.3) is 0 Å². The van der Waals surface area contributed by atoms with E-state index in [1.807, 2.05) is 78.9 Å². The Morgan fingerprint density at radius 1 is 0.900 bits per heavy atom. The first-order valence-corrected chi connectivity index (χ1v) is 20.3. The van der Waals surface area contributed by atoms with Gasteiger partial charge < -0.3 is 40.4 Å². The number of rotatable bonds is 18. The van der Waals surface area contributed by atoms with E-state index in [-0.39, 0.29) is 43.2 Å². The van der Waals surface area contributed by atoms with Crippen LogP contribution in [0.4, 0.5) is 16.2 Å². The summed E-state index contributed by atoms with van der Waals surface area (Å²) < 4.78 is 5.76. The first kappa shape index (κ1) is 45.1. The molecule has 318 valence electrons. The lowest BCUT2D eigenvalue weighted by Gasteiger charge is -2.31. The smallest absolute Gasteiger partial charge is 0.411 e. The van der Waals surface area contributed by atoms with Crippen molar-refractivity contribution >= 4 is 40.2 Å². The Hall–Kier alpha value is -6.02. The number of ether oxygens (including phenoxy) is 1. The normalized spacial score (nSPS) is 13.6. The van der Waals surface area contributed by atoms with Gasteiger partial charge in [0.05, 0.1) is 17.3 Å². The predicted molar refractivity (Wildman–Crippen MR) is 237 cm³/mol. The summed E-state index contributed by atoms with van der Waals surface area (Å²) in [6.07, 6.45) is 2.73. The number of phenols is 1. The van der Waals surface area contributed by atoms with Crippen molar-refractivity contribution in [3.63, 3.8) is 0 Å². The van der Waals surface area contributed by atoms with Crippen molar-refractivity contribution in [1.82, 2.24) is 20.1 Å². The second-order valence-electron chi connectivity index (χ2n) is 15.0. The lowest BCUT2D eigenvalue weighted by atomic mass is 10.0. The highest BCUT2D eigenvalue weighted by Crippen LogP contribution is 2.29. The largest absolute Gasteiger partial charge is 0.506 e. The number of aromatic amines is 1. The van der Waals surface area contributed by atoms with E-state index >= 15 is 0 Å². The van der Waals surface area contributed by atoms with Gasteiger partial charge in [0.15, 0.2) is 0 Å². The van der Waals surface area contributed by atoms with Gasteiger partial charge in [0.2, 0.25) is 17.4 Å². The molecule has 60 heavy (non-hydrogen) atoms. The molecule has 1 aliphatic rings. The topological polar surface area (TPSA) is 176 Å². The number of anilines is 2. The van der Waals surface area contributed by atoms with Gasteiger partial charge in [-0.2, -0.15) is 0 Å². The lowest BCUT2D eigenvalue weighted by molar-refractivity contribution is -0.130. The predicted octanol–water partition coefficient (Wildman–Crippen LogP) is 7.07. The second kappa shape index (κ2) is 22.4. The summed E-state index contributed by atoms with van der Waals surface area (Å²) in [7, 11) is 1.80. The van der Waals surface area contributed by atoms with Crippen molar-refractivity contribution in [3.8, 4) is 16.9 Å². The molecule has 0 unspecified atom stereocenters. The Morgan fingerprint density at radius 3 is 2.47 bits per heavy atom. The minimum absolute atomic E-state index is 0. The average Bonchev–Trinajstić information content (AvgIpc) is 3.24. The Kier molecular flexibility index (Phi) is 16.8. The number of amides is 3. The number of aliphatic hydroxyl groups is 1. The Morgan fingerprint density at radius 2 is 1.67 bits per heavy atom. The molecule has 6 rings (SSSR count). The second-order valence-corrected chi connectivity index (χ2v) is 15.0. The summed E-state index contributed by atoms with van der Waals surface area (Å²) >= 11 is 0. The van der Waals surface area contributed by atoms with E-state index < -0.39 is 12.2 Å².